The first-order valence-electron chi connectivity index (χ1n) is 6.39. The van der Waals surface area contributed by atoms with E-state index in [4.69, 9.17) is 10.4 Å². The molecule has 0 aliphatic heterocycles. The van der Waals surface area contributed by atoms with Gasteiger partial charge in [-0.1, -0.05) is 20.3 Å². The number of carboxylic acid groups (broad SMARTS) is 1. The van der Waals surface area contributed by atoms with Crippen LogP contribution in [0.3, 0.4) is 0 Å². The van der Waals surface area contributed by atoms with Gasteiger partial charge in [-0.3, -0.25) is 0 Å². The Morgan fingerprint density at radius 1 is 1.48 bits per heavy atom. The van der Waals surface area contributed by atoms with Crippen molar-refractivity contribution in [1.82, 2.24) is 5.32 Å². The second kappa shape index (κ2) is 7.24. The predicted molar refractivity (Wildman–Crippen MR) is 74.1 cm³/mol. The second-order valence-electron chi connectivity index (χ2n) is 4.61. The quantitative estimate of drug-likeness (QED) is 0.775. The molecule has 1 unspecified atom stereocenters. The summed E-state index contributed by atoms with van der Waals surface area (Å²) in [5.74, 6) is -2.06. The van der Waals surface area contributed by atoms with Crippen LogP contribution in [0.2, 0.25) is 0 Å². The summed E-state index contributed by atoms with van der Waals surface area (Å²) in [6, 6.07) is 3.42. The van der Waals surface area contributed by atoms with Crippen molar-refractivity contribution >= 4 is 17.7 Å². The number of urea groups is 1. The lowest BCUT2D eigenvalue weighted by Crippen LogP contribution is -2.46. The van der Waals surface area contributed by atoms with Crippen molar-refractivity contribution in [2.45, 2.75) is 26.3 Å². The van der Waals surface area contributed by atoms with Crippen LogP contribution < -0.4 is 10.6 Å². The van der Waals surface area contributed by atoms with Crippen LogP contribution in [-0.2, 0) is 4.79 Å². The number of aliphatic carboxylic acids is 1. The zero-order chi connectivity index (χ0) is 16.0. The van der Waals surface area contributed by atoms with Crippen LogP contribution in [0.4, 0.5) is 14.9 Å². The van der Waals surface area contributed by atoms with E-state index in [0.717, 1.165) is 6.07 Å². The molecule has 1 rings (SSSR count). The number of carbonyl (C=O) groups excluding carboxylic acids is 1. The Labute approximate surface area is 121 Å². The number of nitrogens with zero attached hydrogens (tertiary/aromatic N) is 1. The molecule has 0 aromatic heterocycles. The summed E-state index contributed by atoms with van der Waals surface area (Å²) < 4.78 is 13.1. The van der Waals surface area contributed by atoms with Crippen LogP contribution in [0.5, 0.6) is 0 Å². The van der Waals surface area contributed by atoms with Gasteiger partial charge < -0.3 is 15.7 Å². The van der Waals surface area contributed by atoms with Gasteiger partial charge in [0.1, 0.15) is 17.9 Å². The molecule has 0 aliphatic carbocycles. The van der Waals surface area contributed by atoms with Crippen molar-refractivity contribution in [3.63, 3.8) is 0 Å². The molecule has 2 amide bonds. The smallest absolute Gasteiger partial charge is 0.326 e. The zero-order valence-corrected chi connectivity index (χ0v) is 11.7. The van der Waals surface area contributed by atoms with Gasteiger partial charge in [0.15, 0.2) is 0 Å². The number of hydrogen-bond donors (Lipinski definition) is 3. The monoisotopic (exact) mass is 293 g/mol. The molecule has 0 heterocycles. The molecule has 7 heteroatoms. The first-order valence-corrected chi connectivity index (χ1v) is 6.39. The molecule has 0 fully saturated rings. The SMILES string of the molecule is CCC(C)[C@H](NC(=O)Nc1ccc(F)c(C#N)c1)C(=O)O. The third-order valence-corrected chi connectivity index (χ3v) is 3.11. The lowest BCUT2D eigenvalue weighted by Gasteiger charge is -2.20. The number of carbonyl (C=O) groups is 2. The number of nitrogens with one attached hydrogen (secondary N) is 2. The highest BCUT2D eigenvalue weighted by molar-refractivity contribution is 5.92. The van der Waals surface area contributed by atoms with E-state index in [1.807, 2.05) is 6.92 Å². The molecular formula is C14H16FN3O3. The molecule has 112 valence electrons. The van der Waals surface area contributed by atoms with Crippen LogP contribution in [-0.4, -0.2) is 23.1 Å². The lowest BCUT2D eigenvalue weighted by molar-refractivity contribution is -0.140. The molecule has 3 N–H and O–H groups in total. The van der Waals surface area contributed by atoms with E-state index in [-0.39, 0.29) is 17.2 Å². The zero-order valence-electron chi connectivity index (χ0n) is 11.7. The first kappa shape index (κ1) is 16.4. The lowest BCUT2D eigenvalue weighted by atomic mass is 9.99. The molecule has 6 nitrogen and oxygen atoms in total. The van der Waals surface area contributed by atoms with Crippen molar-refractivity contribution in [3.05, 3.63) is 29.6 Å². The minimum absolute atomic E-state index is 0.204. The van der Waals surface area contributed by atoms with E-state index in [1.54, 1.807) is 13.0 Å². The summed E-state index contributed by atoms with van der Waals surface area (Å²) in [4.78, 5) is 22.9. The molecule has 1 aromatic rings. The van der Waals surface area contributed by atoms with Crippen molar-refractivity contribution in [1.29, 1.82) is 5.26 Å². The van der Waals surface area contributed by atoms with Gasteiger partial charge in [-0.2, -0.15) is 5.26 Å². The van der Waals surface area contributed by atoms with Gasteiger partial charge in [0.2, 0.25) is 0 Å². The van der Waals surface area contributed by atoms with Gasteiger partial charge in [-0.25, -0.2) is 14.0 Å². The fourth-order valence-electron chi connectivity index (χ4n) is 1.68. The number of nitriles is 1. The molecule has 0 saturated carbocycles. The maximum absolute atomic E-state index is 13.1. The highest BCUT2D eigenvalue weighted by Gasteiger charge is 2.25. The van der Waals surface area contributed by atoms with Crippen molar-refractivity contribution in [3.8, 4) is 6.07 Å². The van der Waals surface area contributed by atoms with Crippen molar-refractivity contribution in [2.24, 2.45) is 5.92 Å². The topological polar surface area (TPSA) is 102 Å². The van der Waals surface area contributed by atoms with Gasteiger partial charge in [0.25, 0.3) is 0 Å². The standard InChI is InChI=1S/C14H16FN3O3/c1-3-8(2)12(13(19)20)18-14(21)17-10-4-5-11(15)9(6-10)7-16/h4-6,8,12H,3H2,1-2H3,(H,19,20)(H2,17,18,21)/t8?,12-/m0/s1. The summed E-state index contributed by atoms with van der Waals surface area (Å²) in [7, 11) is 0. The van der Waals surface area contributed by atoms with Crippen LogP contribution in [0.15, 0.2) is 18.2 Å². The van der Waals surface area contributed by atoms with E-state index in [2.05, 4.69) is 10.6 Å². The third kappa shape index (κ3) is 4.45. The fraction of sp³-hybridized carbons (Fsp3) is 0.357. The minimum atomic E-state index is -1.13. The van der Waals surface area contributed by atoms with Crippen LogP contribution in [0.25, 0.3) is 0 Å². The normalized spacial score (nSPS) is 12.9. The molecule has 0 radical (unpaired) electrons. The first-order chi connectivity index (χ1) is 9.88. The van der Waals surface area contributed by atoms with Crippen LogP contribution in [0, 0.1) is 23.1 Å². The molecule has 0 spiro atoms. The maximum Gasteiger partial charge on any atom is 0.326 e. The summed E-state index contributed by atoms with van der Waals surface area (Å²) >= 11 is 0. The Morgan fingerprint density at radius 2 is 2.14 bits per heavy atom. The molecule has 0 saturated heterocycles. The Balaban J connectivity index is 2.77. The highest BCUT2D eigenvalue weighted by Crippen LogP contribution is 2.14. The van der Waals surface area contributed by atoms with Gasteiger partial charge in [-0.05, 0) is 24.1 Å². The molecule has 1 aromatic carbocycles. The number of amides is 2. The van der Waals surface area contributed by atoms with E-state index in [1.165, 1.54) is 12.1 Å². The average Bonchev–Trinajstić information content (AvgIpc) is 2.45. The van der Waals surface area contributed by atoms with E-state index < -0.39 is 23.9 Å². The Bertz CT molecular complexity index is 583. The maximum atomic E-state index is 13.1. The number of carboxylic acids is 1. The average molecular weight is 293 g/mol. The van der Waals surface area contributed by atoms with Gasteiger partial charge in [0, 0.05) is 5.69 Å². The molecule has 0 bridgehead atoms. The molecule has 0 aliphatic rings. The Morgan fingerprint density at radius 3 is 2.67 bits per heavy atom. The molecule has 2 atom stereocenters. The van der Waals surface area contributed by atoms with Crippen molar-refractivity contribution in [2.75, 3.05) is 5.32 Å². The van der Waals surface area contributed by atoms with E-state index in [0.29, 0.717) is 6.42 Å². The van der Waals surface area contributed by atoms with E-state index in [9.17, 15) is 14.0 Å². The summed E-state index contributed by atoms with van der Waals surface area (Å²) in [6.07, 6.45) is 0.590. The number of rotatable bonds is 5. The largest absolute Gasteiger partial charge is 0.480 e. The minimum Gasteiger partial charge on any atom is -0.480 e. The summed E-state index contributed by atoms with van der Waals surface area (Å²) in [5.41, 5.74) is 0.00301. The third-order valence-electron chi connectivity index (χ3n) is 3.11. The summed E-state index contributed by atoms with van der Waals surface area (Å²) in [5, 5.41) is 22.5. The molecule has 21 heavy (non-hydrogen) atoms. The van der Waals surface area contributed by atoms with Gasteiger partial charge >= 0.3 is 12.0 Å². The second-order valence-corrected chi connectivity index (χ2v) is 4.61. The highest BCUT2D eigenvalue weighted by atomic mass is 19.1. The summed E-state index contributed by atoms with van der Waals surface area (Å²) in [6.45, 7) is 3.53. The van der Waals surface area contributed by atoms with Crippen LogP contribution in [0.1, 0.15) is 25.8 Å². The number of benzene rings is 1. The number of halogens is 1. The van der Waals surface area contributed by atoms with Gasteiger partial charge in [-0.15, -0.1) is 0 Å². The Kier molecular flexibility index (Phi) is 5.67. The van der Waals surface area contributed by atoms with Crippen LogP contribution >= 0.6 is 0 Å². The van der Waals surface area contributed by atoms with Gasteiger partial charge in [0.05, 0.1) is 5.56 Å². The number of anilines is 1. The predicted octanol–water partition coefficient (Wildman–Crippen LogP) is 2.32. The Hall–Kier alpha value is -2.62. The molecular weight excluding hydrogens is 277 g/mol. The van der Waals surface area contributed by atoms with E-state index >= 15 is 0 Å². The van der Waals surface area contributed by atoms with Crippen molar-refractivity contribution < 1.29 is 19.1 Å². The fourth-order valence-corrected chi connectivity index (χ4v) is 1.68. The number of hydrogen-bond acceptors (Lipinski definition) is 3.